The van der Waals surface area contributed by atoms with Crippen LogP contribution in [0.4, 0.5) is 11.4 Å². The van der Waals surface area contributed by atoms with Crippen LogP contribution in [0.2, 0.25) is 0 Å². The number of thiazole rings is 1. The molecule has 0 aliphatic rings. The van der Waals surface area contributed by atoms with Crippen LogP contribution in [-0.4, -0.2) is 22.9 Å². The summed E-state index contributed by atoms with van der Waals surface area (Å²) in [5.74, 6) is -0.372. The molecule has 1 amide bonds. The van der Waals surface area contributed by atoms with E-state index in [0.717, 1.165) is 5.01 Å². The lowest BCUT2D eigenvalue weighted by Gasteiger charge is -2.11. The number of amides is 1. The molecule has 0 bridgehead atoms. The van der Waals surface area contributed by atoms with Crippen LogP contribution in [0, 0.1) is 10.1 Å². The van der Waals surface area contributed by atoms with E-state index in [1.807, 2.05) is 12.3 Å². The molecule has 21 heavy (non-hydrogen) atoms. The highest BCUT2D eigenvalue weighted by Gasteiger charge is 2.18. The van der Waals surface area contributed by atoms with Crippen molar-refractivity contribution in [1.82, 2.24) is 10.3 Å². The van der Waals surface area contributed by atoms with Gasteiger partial charge in [0, 0.05) is 30.3 Å². The van der Waals surface area contributed by atoms with E-state index in [4.69, 9.17) is 0 Å². The molecule has 1 atom stereocenters. The summed E-state index contributed by atoms with van der Waals surface area (Å²) in [6, 6.07) is 4.07. The minimum absolute atomic E-state index is 0.132. The highest BCUT2D eigenvalue weighted by atomic mass is 32.1. The number of aromatic nitrogens is 1. The number of hydrogen-bond acceptors (Lipinski definition) is 6. The SMILES string of the molecule is CNc1ccc(C(=O)NC(C)c2nccs2)cc1[N+](=O)[O-]. The van der Waals surface area contributed by atoms with Crippen LogP contribution in [0.25, 0.3) is 0 Å². The highest BCUT2D eigenvalue weighted by Crippen LogP contribution is 2.25. The second-order valence-electron chi connectivity index (χ2n) is 4.30. The number of nitro benzene ring substituents is 1. The summed E-state index contributed by atoms with van der Waals surface area (Å²) in [7, 11) is 1.59. The van der Waals surface area contributed by atoms with Gasteiger partial charge in [0.2, 0.25) is 0 Å². The van der Waals surface area contributed by atoms with Crippen LogP contribution >= 0.6 is 11.3 Å². The number of nitro groups is 1. The monoisotopic (exact) mass is 306 g/mol. The van der Waals surface area contributed by atoms with Gasteiger partial charge in [-0.15, -0.1) is 11.3 Å². The van der Waals surface area contributed by atoms with Gasteiger partial charge < -0.3 is 10.6 Å². The lowest BCUT2D eigenvalue weighted by atomic mass is 10.1. The summed E-state index contributed by atoms with van der Waals surface area (Å²) in [5.41, 5.74) is 0.473. The maximum Gasteiger partial charge on any atom is 0.293 e. The van der Waals surface area contributed by atoms with E-state index in [2.05, 4.69) is 15.6 Å². The van der Waals surface area contributed by atoms with Gasteiger partial charge in [0.1, 0.15) is 10.7 Å². The van der Waals surface area contributed by atoms with Crippen LogP contribution in [-0.2, 0) is 0 Å². The van der Waals surface area contributed by atoms with Crippen LogP contribution in [0.15, 0.2) is 29.8 Å². The second-order valence-corrected chi connectivity index (χ2v) is 5.23. The topological polar surface area (TPSA) is 97.2 Å². The van der Waals surface area contributed by atoms with Gasteiger partial charge in [-0.25, -0.2) is 4.98 Å². The Morgan fingerprint density at radius 3 is 2.81 bits per heavy atom. The number of nitrogens with one attached hydrogen (secondary N) is 2. The molecule has 1 unspecified atom stereocenters. The first-order chi connectivity index (χ1) is 10.0. The average Bonchev–Trinajstić information content (AvgIpc) is 3.00. The zero-order chi connectivity index (χ0) is 15.4. The molecule has 0 fully saturated rings. The third kappa shape index (κ3) is 3.34. The maximum absolute atomic E-state index is 12.1. The van der Waals surface area contributed by atoms with Crippen molar-refractivity contribution in [3.63, 3.8) is 0 Å². The molecular formula is C13H14N4O3S. The zero-order valence-corrected chi connectivity index (χ0v) is 12.3. The number of benzene rings is 1. The Morgan fingerprint density at radius 1 is 1.48 bits per heavy atom. The Labute approximate surface area is 125 Å². The molecule has 8 heteroatoms. The first kappa shape index (κ1) is 14.9. The Bertz CT molecular complexity index is 657. The van der Waals surface area contributed by atoms with Gasteiger partial charge in [-0.2, -0.15) is 0 Å². The predicted molar refractivity (Wildman–Crippen MR) is 80.6 cm³/mol. The molecule has 0 saturated heterocycles. The summed E-state index contributed by atoms with van der Waals surface area (Å²) in [4.78, 5) is 26.7. The van der Waals surface area contributed by atoms with Crippen LogP contribution in [0.1, 0.15) is 28.3 Å². The van der Waals surface area contributed by atoms with E-state index in [-0.39, 0.29) is 23.2 Å². The molecule has 0 saturated carbocycles. The summed E-state index contributed by atoms with van der Waals surface area (Å²) in [5, 5.41) is 19.1. The summed E-state index contributed by atoms with van der Waals surface area (Å²) in [6.07, 6.45) is 1.66. The van der Waals surface area contributed by atoms with Crippen molar-refractivity contribution in [2.75, 3.05) is 12.4 Å². The molecule has 1 aromatic heterocycles. The summed E-state index contributed by atoms with van der Waals surface area (Å²) < 4.78 is 0. The second kappa shape index (κ2) is 6.31. The van der Waals surface area contributed by atoms with E-state index in [9.17, 15) is 14.9 Å². The quantitative estimate of drug-likeness (QED) is 0.653. The Hall–Kier alpha value is -2.48. The highest BCUT2D eigenvalue weighted by molar-refractivity contribution is 7.09. The molecular weight excluding hydrogens is 292 g/mol. The largest absolute Gasteiger partial charge is 0.383 e. The Kier molecular flexibility index (Phi) is 4.49. The predicted octanol–water partition coefficient (Wildman–Crippen LogP) is 2.58. The maximum atomic E-state index is 12.1. The molecule has 1 aromatic carbocycles. The molecule has 0 spiro atoms. The van der Waals surface area contributed by atoms with Crippen molar-refractivity contribution < 1.29 is 9.72 Å². The van der Waals surface area contributed by atoms with Crippen LogP contribution < -0.4 is 10.6 Å². The van der Waals surface area contributed by atoms with Crippen molar-refractivity contribution in [2.24, 2.45) is 0 Å². The van der Waals surface area contributed by atoms with Gasteiger partial charge in [-0.3, -0.25) is 14.9 Å². The van der Waals surface area contributed by atoms with Crippen LogP contribution in [0.3, 0.4) is 0 Å². The molecule has 7 nitrogen and oxygen atoms in total. The zero-order valence-electron chi connectivity index (χ0n) is 11.5. The average molecular weight is 306 g/mol. The number of nitrogens with zero attached hydrogens (tertiary/aromatic N) is 2. The molecule has 0 aliphatic heterocycles. The van der Waals surface area contributed by atoms with Crippen molar-refractivity contribution in [1.29, 1.82) is 0 Å². The molecule has 110 valence electrons. The molecule has 2 N–H and O–H groups in total. The third-order valence-corrected chi connectivity index (χ3v) is 3.85. The molecule has 2 aromatic rings. The lowest BCUT2D eigenvalue weighted by molar-refractivity contribution is -0.384. The van der Waals surface area contributed by atoms with Gasteiger partial charge in [-0.1, -0.05) is 0 Å². The molecule has 2 rings (SSSR count). The van der Waals surface area contributed by atoms with Gasteiger partial charge in [0.05, 0.1) is 11.0 Å². The molecule has 0 aliphatic carbocycles. The van der Waals surface area contributed by atoms with E-state index in [0.29, 0.717) is 5.69 Å². The molecule has 1 heterocycles. The van der Waals surface area contributed by atoms with Crippen molar-refractivity contribution in [2.45, 2.75) is 13.0 Å². The number of rotatable bonds is 5. The summed E-state index contributed by atoms with van der Waals surface area (Å²) >= 11 is 1.44. The van der Waals surface area contributed by atoms with Crippen molar-refractivity contribution >= 4 is 28.6 Å². The Balaban J connectivity index is 2.19. The fourth-order valence-corrected chi connectivity index (χ4v) is 2.47. The van der Waals surface area contributed by atoms with Gasteiger partial charge in [0.25, 0.3) is 11.6 Å². The van der Waals surface area contributed by atoms with Gasteiger partial charge >= 0.3 is 0 Å². The number of carbonyl (C=O) groups is 1. The van der Waals surface area contributed by atoms with E-state index in [1.165, 1.54) is 23.5 Å². The standard InChI is InChI=1S/C13H14N4O3S/c1-8(13-15-5-6-21-13)16-12(18)9-3-4-10(14-2)11(7-9)17(19)20/h3-8,14H,1-2H3,(H,16,18). The minimum atomic E-state index is -0.521. The minimum Gasteiger partial charge on any atom is -0.383 e. The third-order valence-electron chi connectivity index (χ3n) is 2.90. The van der Waals surface area contributed by atoms with E-state index < -0.39 is 4.92 Å². The number of hydrogen-bond donors (Lipinski definition) is 2. The normalized spacial score (nSPS) is 11.7. The summed E-state index contributed by atoms with van der Waals surface area (Å²) in [6.45, 7) is 1.81. The van der Waals surface area contributed by atoms with Crippen molar-refractivity contribution in [3.05, 3.63) is 50.5 Å². The van der Waals surface area contributed by atoms with Crippen molar-refractivity contribution in [3.8, 4) is 0 Å². The first-order valence-electron chi connectivity index (χ1n) is 6.19. The smallest absolute Gasteiger partial charge is 0.293 e. The van der Waals surface area contributed by atoms with E-state index >= 15 is 0 Å². The number of carbonyl (C=O) groups excluding carboxylic acids is 1. The fourth-order valence-electron chi connectivity index (χ4n) is 1.83. The van der Waals surface area contributed by atoms with Gasteiger partial charge in [0.15, 0.2) is 0 Å². The molecule has 0 radical (unpaired) electrons. The van der Waals surface area contributed by atoms with E-state index in [1.54, 1.807) is 19.3 Å². The fraction of sp³-hybridized carbons (Fsp3) is 0.231. The number of anilines is 1. The van der Waals surface area contributed by atoms with Crippen LogP contribution in [0.5, 0.6) is 0 Å². The first-order valence-corrected chi connectivity index (χ1v) is 7.07. The lowest BCUT2D eigenvalue weighted by Crippen LogP contribution is -2.26. The van der Waals surface area contributed by atoms with Gasteiger partial charge in [-0.05, 0) is 19.1 Å². The Morgan fingerprint density at radius 2 is 2.24 bits per heavy atom.